The molecular weight excluding hydrogens is 697 g/mol. The summed E-state index contributed by atoms with van der Waals surface area (Å²) in [6.45, 7) is 16.0. The number of aryl methyl sites for hydroxylation is 3. The zero-order chi connectivity index (χ0) is 39.2. The molecule has 1 N–H and O–H groups in total. The van der Waals surface area contributed by atoms with Crippen LogP contribution >= 0.6 is 11.8 Å². The van der Waals surface area contributed by atoms with Crippen LogP contribution in [0.2, 0.25) is 0 Å². The topological polar surface area (TPSA) is 106 Å². The molecule has 3 aromatic carbocycles. The number of hydrogen-bond donors (Lipinski definition) is 1. The molecule has 1 aliphatic heterocycles. The standard InChI is InChI=1S/C23H24O4S.C22H28N2O2/c1-23(2)19(12-17-8-9-28-22(17)25)20(23)21(24)27-14-16-11-18(26-13-16)10-15-6-4-3-5-7-15;1-7-17-8-10-18(11-9-17)20(25)23-24(22(4,5)6)21(26)19-13-15(2)12-16(3)14-19/h3-7,11-13,19-20H,8-10,14H2,1-2H3;8-14H,7H2,1-6H3,(H,23,25)/b17-12+;/t19-,20-;/m1./s1. The average Bonchev–Trinajstić information content (AvgIpc) is 3.44. The summed E-state index contributed by atoms with van der Waals surface area (Å²) in [5, 5.41) is 1.57. The summed E-state index contributed by atoms with van der Waals surface area (Å²) < 4.78 is 11.2. The van der Waals surface area contributed by atoms with Crippen molar-refractivity contribution >= 4 is 34.7 Å². The van der Waals surface area contributed by atoms with Crippen LogP contribution < -0.4 is 5.43 Å². The van der Waals surface area contributed by atoms with Gasteiger partial charge in [-0.2, -0.15) is 0 Å². The summed E-state index contributed by atoms with van der Waals surface area (Å²) >= 11 is 1.36. The third-order valence-corrected chi connectivity index (χ3v) is 10.8. The fourth-order valence-corrected chi connectivity index (χ4v) is 7.56. The molecule has 2 heterocycles. The van der Waals surface area contributed by atoms with Gasteiger partial charge >= 0.3 is 5.97 Å². The van der Waals surface area contributed by atoms with Crippen LogP contribution in [0.1, 0.15) is 102 Å². The molecule has 4 aromatic rings. The van der Waals surface area contributed by atoms with Crippen molar-refractivity contribution in [1.29, 1.82) is 0 Å². The highest BCUT2D eigenvalue weighted by Crippen LogP contribution is 2.60. The van der Waals surface area contributed by atoms with Crippen molar-refractivity contribution in [3.05, 3.63) is 141 Å². The molecule has 0 unspecified atom stereocenters. The highest BCUT2D eigenvalue weighted by Gasteiger charge is 2.61. The number of amides is 2. The van der Waals surface area contributed by atoms with Crippen LogP contribution in [-0.2, 0) is 33.8 Å². The molecule has 6 rings (SSSR count). The molecular formula is C45H52N2O6S. The largest absolute Gasteiger partial charge is 0.469 e. The van der Waals surface area contributed by atoms with Gasteiger partial charge in [0.05, 0.1) is 17.7 Å². The lowest BCUT2D eigenvalue weighted by molar-refractivity contribution is -0.147. The Morgan fingerprint density at radius 3 is 2.19 bits per heavy atom. The van der Waals surface area contributed by atoms with Crippen molar-refractivity contribution < 1.29 is 28.3 Å². The number of nitrogens with one attached hydrogen (secondary N) is 1. The molecule has 2 fully saturated rings. The highest BCUT2D eigenvalue weighted by atomic mass is 32.2. The molecule has 1 aliphatic carbocycles. The summed E-state index contributed by atoms with van der Waals surface area (Å²) in [6, 6.07) is 25.2. The Morgan fingerprint density at radius 2 is 1.59 bits per heavy atom. The summed E-state index contributed by atoms with van der Waals surface area (Å²) in [6.07, 6.45) is 6.09. The Labute approximate surface area is 323 Å². The normalized spacial score (nSPS) is 18.1. The molecule has 2 amide bonds. The van der Waals surface area contributed by atoms with Crippen molar-refractivity contribution in [3.63, 3.8) is 0 Å². The van der Waals surface area contributed by atoms with Gasteiger partial charge in [0.25, 0.3) is 11.8 Å². The van der Waals surface area contributed by atoms with Gasteiger partial charge in [-0.25, -0.2) is 5.01 Å². The number of nitrogens with zero attached hydrogens (tertiary/aromatic N) is 1. The number of furan rings is 1. The van der Waals surface area contributed by atoms with E-state index in [1.54, 1.807) is 18.4 Å². The zero-order valence-corrected chi connectivity index (χ0v) is 33.5. The number of hydrazine groups is 1. The van der Waals surface area contributed by atoms with E-state index in [1.807, 2.05) is 95.3 Å². The Balaban J connectivity index is 0.000000208. The Kier molecular flexibility index (Phi) is 12.7. The predicted molar refractivity (Wildman–Crippen MR) is 214 cm³/mol. The van der Waals surface area contributed by atoms with Gasteiger partial charge in [0.2, 0.25) is 5.12 Å². The summed E-state index contributed by atoms with van der Waals surface area (Å²) in [7, 11) is 0. The van der Waals surface area contributed by atoms with E-state index in [4.69, 9.17) is 9.15 Å². The Hall–Kier alpha value is -4.89. The maximum atomic E-state index is 13.1. The fourth-order valence-electron chi connectivity index (χ4n) is 6.70. The van der Waals surface area contributed by atoms with E-state index in [0.717, 1.165) is 46.6 Å². The first-order chi connectivity index (χ1) is 25.6. The van der Waals surface area contributed by atoms with Crippen molar-refractivity contribution in [2.24, 2.45) is 17.3 Å². The zero-order valence-electron chi connectivity index (χ0n) is 32.7. The van der Waals surface area contributed by atoms with E-state index in [0.29, 0.717) is 17.5 Å². The van der Waals surface area contributed by atoms with Gasteiger partial charge in [-0.1, -0.05) is 98.3 Å². The lowest BCUT2D eigenvalue weighted by atomic mass is 10.0. The molecule has 2 aliphatic rings. The third kappa shape index (κ3) is 10.2. The number of allylic oxidation sites excluding steroid dienone is 1. The number of esters is 1. The average molecular weight is 749 g/mol. The molecule has 2 atom stereocenters. The number of hydrogen-bond acceptors (Lipinski definition) is 7. The molecule has 54 heavy (non-hydrogen) atoms. The maximum Gasteiger partial charge on any atom is 0.310 e. The van der Waals surface area contributed by atoms with Crippen LogP contribution in [-0.4, -0.2) is 39.2 Å². The molecule has 0 spiro atoms. The van der Waals surface area contributed by atoms with Crippen molar-refractivity contribution in [1.82, 2.24) is 10.4 Å². The van der Waals surface area contributed by atoms with Crippen molar-refractivity contribution in [2.75, 3.05) is 5.75 Å². The number of thioether (sulfide) groups is 1. The van der Waals surface area contributed by atoms with Crippen LogP contribution in [0, 0.1) is 31.1 Å². The maximum absolute atomic E-state index is 13.1. The van der Waals surface area contributed by atoms with Crippen molar-refractivity contribution in [2.45, 2.75) is 86.8 Å². The number of carbonyl (C=O) groups excluding carboxylic acids is 4. The molecule has 8 nitrogen and oxygen atoms in total. The van der Waals surface area contributed by atoms with Gasteiger partial charge in [0.1, 0.15) is 12.4 Å². The van der Waals surface area contributed by atoms with E-state index in [2.05, 4.69) is 38.3 Å². The number of benzene rings is 3. The number of ether oxygens (including phenoxy) is 1. The fraction of sp³-hybridized carbons (Fsp3) is 0.378. The van der Waals surface area contributed by atoms with Crippen LogP contribution in [0.5, 0.6) is 0 Å². The Morgan fingerprint density at radius 1 is 0.926 bits per heavy atom. The van der Waals surface area contributed by atoms with Crippen molar-refractivity contribution in [3.8, 4) is 0 Å². The second-order valence-electron chi connectivity index (χ2n) is 15.8. The lowest BCUT2D eigenvalue weighted by Gasteiger charge is -2.35. The molecule has 1 aromatic heterocycles. The van der Waals surface area contributed by atoms with Gasteiger partial charge in [0.15, 0.2) is 0 Å². The highest BCUT2D eigenvalue weighted by molar-refractivity contribution is 8.14. The van der Waals surface area contributed by atoms with Crippen LogP contribution in [0.15, 0.2) is 101 Å². The minimum absolute atomic E-state index is 0.0793. The third-order valence-electron chi connectivity index (χ3n) is 9.90. The quantitative estimate of drug-likeness (QED) is 0.103. The lowest BCUT2D eigenvalue weighted by Crippen LogP contribution is -2.55. The SMILES string of the molecule is CC1(C)[C@H](/C=C2\CCSC2=O)[C@@H]1C(=O)OCc1coc(Cc2ccccc2)c1.CCc1ccc(C(=O)NN(C(=O)c2cc(C)cc(C)c2)C(C)(C)C)cc1. The molecule has 1 saturated heterocycles. The summed E-state index contributed by atoms with van der Waals surface area (Å²) in [4.78, 5) is 50.2. The van der Waals surface area contributed by atoms with Crippen LogP contribution in [0.3, 0.4) is 0 Å². The minimum Gasteiger partial charge on any atom is -0.469 e. The van der Waals surface area contributed by atoms with Gasteiger partial charge < -0.3 is 9.15 Å². The molecule has 9 heteroatoms. The number of rotatable bonds is 9. The molecule has 1 saturated carbocycles. The number of carbonyl (C=O) groups is 4. The first kappa shape index (κ1) is 40.3. The van der Waals surface area contributed by atoms with E-state index in [1.165, 1.54) is 27.9 Å². The van der Waals surface area contributed by atoms with Gasteiger partial charge in [-0.3, -0.25) is 24.6 Å². The molecule has 0 bridgehead atoms. The van der Waals surface area contributed by atoms with E-state index >= 15 is 0 Å². The first-order valence-corrected chi connectivity index (χ1v) is 19.5. The summed E-state index contributed by atoms with van der Waals surface area (Å²) in [5.41, 5.74) is 9.27. The first-order valence-electron chi connectivity index (χ1n) is 18.5. The van der Waals surface area contributed by atoms with Gasteiger partial charge in [-0.15, -0.1) is 0 Å². The molecule has 0 radical (unpaired) electrons. The minimum atomic E-state index is -0.562. The van der Waals surface area contributed by atoms with E-state index in [-0.39, 0.29) is 46.8 Å². The second-order valence-corrected chi connectivity index (χ2v) is 16.8. The smallest absolute Gasteiger partial charge is 0.310 e. The van der Waals surface area contributed by atoms with Crippen LogP contribution in [0.25, 0.3) is 0 Å². The van der Waals surface area contributed by atoms with Crippen LogP contribution in [0.4, 0.5) is 0 Å². The summed E-state index contributed by atoms with van der Waals surface area (Å²) in [5.74, 6) is 0.881. The van der Waals surface area contributed by atoms with Gasteiger partial charge in [0, 0.05) is 34.4 Å². The van der Waals surface area contributed by atoms with E-state index in [9.17, 15) is 19.2 Å². The Bertz CT molecular complexity index is 1990. The molecule has 284 valence electrons. The second kappa shape index (κ2) is 17.1. The van der Waals surface area contributed by atoms with Gasteiger partial charge in [-0.05, 0) is 100 Å². The monoisotopic (exact) mass is 748 g/mol. The predicted octanol–water partition coefficient (Wildman–Crippen LogP) is 9.23. The van der Waals surface area contributed by atoms with E-state index < -0.39 is 5.54 Å².